The third-order valence-corrected chi connectivity index (χ3v) is 6.05. The maximum absolute atomic E-state index is 13.0. The Morgan fingerprint density at radius 2 is 1.85 bits per heavy atom. The fourth-order valence-electron chi connectivity index (χ4n) is 3.22. The first-order valence-electron chi connectivity index (χ1n) is 10.4. The third kappa shape index (κ3) is 5.89. The summed E-state index contributed by atoms with van der Waals surface area (Å²) in [4.78, 5) is 26.7. The van der Waals surface area contributed by atoms with E-state index in [1.165, 1.54) is 23.5 Å². The molecule has 0 unspecified atom stereocenters. The Morgan fingerprint density at radius 3 is 2.61 bits per heavy atom. The lowest BCUT2D eigenvalue weighted by atomic mass is 10.1. The van der Waals surface area contributed by atoms with Gasteiger partial charge in [-0.25, -0.2) is 19.3 Å². The fourth-order valence-corrected chi connectivity index (χ4v) is 4.11. The first-order valence-corrected chi connectivity index (χ1v) is 11.2. The van der Waals surface area contributed by atoms with Crippen LogP contribution in [0.1, 0.15) is 17.7 Å². The summed E-state index contributed by atoms with van der Waals surface area (Å²) in [6.45, 7) is 1.95. The van der Waals surface area contributed by atoms with E-state index in [9.17, 15) is 9.18 Å². The number of anilines is 4. The predicted octanol–water partition coefficient (Wildman–Crippen LogP) is 5.40. The molecule has 0 aliphatic carbocycles. The monoisotopic (exact) mass is 462 g/mol. The van der Waals surface area contributed by atoms with Crippen molar-refractivity contribution in [2.75, 3.05) is 23.0 Å². The van der Waals surface area contributed by atoms with E-state index in [2.05, 4.69) is 30.9 Å². The van der Waals surface area contributed by atoms with Crippen LogP contribution in [-0.2, 0) is 11.2 Å². The van der Waals surface area contributed by atoms with E-state index >= 15 is 0 Å². The minimum Gasteiger partial charge on any atom is -0.365 e. The van der Waals surface area contributed by atoms with Gasteiger partial charge in [0.1, 0.15) is 5.82 Å². The van der Waals surface area contributed by atoms with Crippen LogP contribution in [-0.4, -0.2) is 27.9 Å². The van der Waals surface area contributed by atoms with Crippen molar-refractivity contribution in [1.29, 1.82) is 0 Å². The van der Waals surface area contributed by atoms with E-state index in [1.807, 2.05) is 44.3 Å². The standard InChI is InChI=1S/C24H23FN6OS/c1-15-22(33-24(26-2)28-15)20-12-13-27-23(31-20)30-19-5-3-4-18(14-19)29-21(32)11-8-16-6-9-17(25)10-7-16/h3-7,9-10,12-14H,8,11H2,1-2H3,(H,26,28)(H,29,32)(H,27,30,31). The molecule has 4 aromatic rings. The smallest absolute Gasteiger partial charge is 0.227 e. The molecular weight excluding hydrogens is 439 g/mol. The summed E-state index contributed by atoms with van der Waals surface area (Å²) in [6.07, 6.45) is 2.54. The van der Waals surface area contributed by atoms with Crippen LogP contribution in [0.4, 0.5) is 26.8 Å². The number of carbonyl (C=O) groups excluding carboxylic acids is 1. The zero-order valence-corrected chi connectivity index (χ0v) is 19.0. The predicted molar refractivity (Wildman–Crippen MR) is 130 cm³/mol. The number of nitrogens with zero attached hydrogens (tertiary/aromatic N) is 3. The minimum absolute atomic E-state index is 0.115. The van der Waals surface area contributed by atoms with Crippen LogP contribution < -0.4 is 16.0 Å². The maximum atomic E-state index is 13.0. The first-order chi connectivity index (χ1) is 16.0. The summed E-state index contributed by atoms with van der Waals surface area (Å²) >= 11 is 1.53. The molecule has 9 heteroatoms. The van der Waals surface area contributed by atoms with Crippen LogP contribution in [0.5, 0.6) is 0 Å². The average molecular weight is 463 g/mol. The molecule has 0 bridgehead atoms. The number of rotatable bonds is 8. The number of thiazole rings is 1. The second-order valence-corrected chi connectivity index (χ2v) is 8.33. The lowest BCUT2D eigenvalue weighted by Gasteiger charge is -2.09. The SMILES string of the molecule is CNc1nc(C)c(-c2ccnc(Nc3cccc(NC(=O)CCc4ccc(F)cc4)c3)n2)s1. The average Bonchev–Trinajstić information content (AvgIpc) is 3.20. The molecule has 3 N–H and O–H groups in total. The summed E-state index contributed by atoms with van der Waals surface area (Å²) in [6, 6.07) is 15.4. The number of nitrogens with one attached hydrogen (secondary N) is 3. The van der Waals surface area contributed by atoms with Crippen LogP contribution >= 0.6 is 11.3 Å². The van der Waals surface area contributed by atoms with Crippen LogP contribution in [0.15, 0.2) is 60.8 Å². The molecule has 7 nitrogen and oxygen atoms in total. The van der Waals surface area contributed by atoms with Gasteiger partial charge in [-0.3, -0.25) is 4.79 Å². The fraction of sp³-hybridized carbons (Fsp3) is 0.167. The highest BCUT2D eigenvalue weighted by Gasteiger charge is 2.12. The van der Waals surface area contributed by atoms with Gasteiger partial charge < -0.3 is 16.0 Å². The van der Waals surface area contributed by atoms with Gasteiger partial charge in [0.25, 0.3) is 0 Å². The normalized spacial score (nSPS) is 10.6. The van der Waals surface area contributed by atoms with Gasteiger partial charge in [-0.2, -0.15) is 0 Å². The number of aromatic nitrogens is 3. The molecule has 2 aromatic heterocycles. The molecule has 0 aliphatic rings. The Hall–Kier alpha value is -3.85. The molecule has 4 rings (SSSR count). The number of amides is 1. The molecule has 2 heterocycles. The van der Waals surface area contributed by atoms with Gasteiger partial charge in [-0.05, 0) is 55.3 Å². The zero-order chi connectivity index (χ0) is 23.2. The molecule has 33 heavy (non-hydrogen) atoms. The van der Waals surface area contributed by atoms with Crippen LogP contribution in [0.3, 0.4) is 0 Å². The summed E-state index contributed by atoms with van der Waals surface area (Å²) < 4.78 is 13.0. The molecule has 0 saturated carbocycles. The van der Waals surface area contributed by atoms with E-state index < -0.39 is 0 Å². The second kappa shape index (κ2) is 10.2. The van der Waals surface area contributed by atoms with Gasteiger partial charge in [0.15, 0.2) is 5.13 Å². The number of halogens is 1. The van der Waals surface area contributed by atoms with Gasteiger partial charge in [-0.1, -0.05) is 29.5 Å². The van der Waals surface area contributed by atoms with Crippen molar-refractivity contribution in [3.05, 3.63) is 77.9 Å². The van der Waals surface area contributed by atoms with E-state index in [4.69, 9.17) is 0 Å². The first kappa shape index (κ1) is 22.3. The van der Waals surface area contributed by atoms with Gasteiger partial charge in [0.05, 0.1) is 16.3 Å². The molecular formula is C24H23FN6OS. The Balaban J connectivity index is 1.40. The number of carbonyl (C=O) groups is 1. The second-order valence-electron chi connectivity index (χ2n) is 7.33. The third-order valence-electron chi connectivity index (χ3n) is 4.86. The van der Waals surface area contributed by atoms with E-state index in [0.29, 0.717) is 24.5 Å². The Labute approximate surface area is 195 Å². The molecule has 0 aliphatic heterocycles. The quantitative estimate of drug-likeness (QED) is 0.325. The highest BCUT2D eigenvalue weighted by Crippen LogP contribution is 2.31. The van der Waals surface area contributed by atoms with Crippen molar-refractivity contribution in [2.24, 2.45) is 0 Å². The Morgan fingerprint density at radius 1 is 1.06 bits per heavy atom. The summed E-state index contributed by atoms with van der Waals surface area (Å²) in [5.41, 5.74) is 4.02. The molecule has 168 valence electrons. The van der Waals surface area contributed by atoms with Crippen molar-refractivity contribution in [3.63, 3.8) is 0 Å². The highest BCUT2D eigenvalue weighted by atomic mass is 32.1. The van der Waals surface area contributed by atoms with Gasteiger partial charge in [0.2, 0.25) is 11.9 Å². The molecule has 0 fully saturated rings. The number of benzene rings is 2. The maximum Gasteiger partial charge on any atom is 0.227 e. The van der Waals surface area contributed by atoms with Crippen LogP contribution in [0, 0.1) is 12.7 Å². The molecule has 1 amide bonds. The molecule has 0 radical (unpaired) electrons. The highest BCUT2D eigenvalue weighted by molar-refractivity contribution is 7.19. The van der Waals surface area contributed by atoms with Crippen molar-refractivity contribution in [3.8, 4) is 10.6 Å². The molecule has 0 spiro atoms. The van der Waals surface area contributed by atoms with E-state index in [1.54, 1.807) is 18.3 Å². The summed E-state index contributed by atoms with van der Waals surface area (Å²) in [5.74, 6) is 0.0498. The lowest BCUT2D eigenvalue weighted by Crippen LogP contribution is -2.12. The summed E-state index contributed by atoms with van der Waals surface area (Å²) in [7, 11) is 1.84. The molecule has 0 saturated heterocycles. The van der Waals surface area contributed by atoms with Crippen LogP contribution in [0.2, 0.25) is 0 Å². The topological polar surface area (TPSA) is 91.8 Å². The Kier molecular flexibility index (Phi) is 6.89. The minimum atomic E-state index is -0.285. The summed E-state index contributed by atoms with van der Waals surface area (Å²) in [5, 5.41) is 9.97. The van der Waals surface area contributed by atoms with Crippen molar-refractivity contribution >= 4 is 39.7 Å². The number of hydrogen-bond acceptors (Lipinski definition) is 7. The molecule has 2 aromatic carbocycles. The largest absolute Gasteiger partial charge is 0.365 e. The van der Waals surface area contributed by atoms with Gasteiger partial charge in [0, 0.05) is 31.0 Å². The lowest BCUT2D eigenvalue weighted by molar-refractivity contribution is -0.116. The Bertz CT molecular complexity index is 1260. The van der Waals surface area contributed by atoms with Gasteiger partial charge in [-0.15, -0.1) is 0 Å². The van der Waals surface area contributed by atoms with Crippen molar-refractivity contribution in [1.82, 2.24) is 15.0 Å². The zero-order valence-electron chi connectivity index (χ0n) is 18.2. The van der Waals surface area contributed by atoms with E-state index in [0.717, 1.165) is 32.6 Å². The van der Waals surface area contributed by atoms with Crippen LogP contribution in [0.25, 0.3) is 10.6 Å². The van der Waals surface area contributed by atoms with Gasteiger partial charge >= 0.3 is 0 Å². The van der Waals surface area contributed by atoms with Crippen molar-refractivity contribution in [2.45, 2.75) is 19.8 Å². The molecule has 0 atom stereocenters. The number of hydrogen-bond donors (Lipinski definition) is 3. The van der Waals surface area contributed by atoms with E-state index in [-0.39, 0.29) is 11.7 Å². The van der Waals surface area contributed by atoms with Crippen molar-refractivity contribution < 1.29 is 9.18 Å². The number of aryl methyl sites for hydroxylation is 2.